The number of nitrogens with zero attached hydrogens (tertiary/aromatic N) is 2. The largest absolute Gasteiger partial charge is 0.497 e. The molecule has 2 aromatic carbocycles. The molecule has 2 aromatic rings. The molecule has 158 valence electrons. The highest BCUT2D eigenvalue weighted by molar-refractivity contribution is 5.51. The number of fused-ring (bicyclic) bond motifs is 2. The van der Waals surface area contributed by atoms with Crippen molar-refractivity contribution >= 4 is 5.69 Å². The molecule has 3 saturated carbocycles. The van der Waals surface area contributed by atoms with E-state index in [9.17, 15) is 0 Å². The average molecular weight is 405 g/mol. The molecule has 0 unspecified atom stereocenters. The molecule has 5 aliphatic rings. The molecule has 2 aliphatic heterocycles. The zero-order valence-electron chi connectivity index (χ0n) is 18.3. The first-order valence-corrected chi connectivity index (χ1v) is 11.4. The molecule has 0 N–H and O–H groups in total. The van der Waals surface area contributed by atoms with Crippen molar-refractivity contribution in [2.45, 2.75) is 50.7 Å². The summed E-state index contributed by atoms with van der Waals surface area (Å²) in [5.74, 6) is 2.45. The number of rotatable bonds is 3. The van der Waals surface area contributed by atoms with Crippen LogP contribution in [0.4, 0.5) is 5.69 Å². The SMILES string of the molecule is COc1ccc(N2CN3O[C@@]4(CC[C@H]5C[C@H]4C5(C)C)C[C@]3(c3ccccc3)C2)cc1. The van der Waals surface area contributed by atoms with Crippen LogP contribution in [0.25, 0.3) is 0 Å². The van der Waals surface area contributed by atoms with Crippen LogP contribution in [-0.4, -0.2) is 31.0 Å². The Morgan fingerprint density at radius 2 is 1.80 bits per heavy atom. The summed E-state index contributed by atoms with van der Waals surface area (Å²) < 4.78 is 5.35. The van der Waals surface area contributed by atoms with Crippen molar-refractivity contribution in [1.82, 2.24) is 5.06 Å². The Labute approximate surface area is 179 Å². The average Bonchev–Trinajstić information content (AvgIpc) is 3.26. The van der Waals surface area contributed by atoms with Crippen LogP contribution >= 0.6 is 0 Å². The minimum Gasteiger partial charge on any atom is -0.497 e. The van der Waals surface area contributed by atoms with Crippen molar-refractivity contribution in [3.05, 3.63) is 60.2 Å². The van der Waals surface area contributed by atoms with Crippen molar-refractivity contribution in [3.63, 3.8) is 0 Å². The molecule has 0 aromatic heterocycles. The smallest absolute Gasteiger partial charge is 0.119 e. The van der Waals surface area contributed by atoms with E-state index in [4.69, 9.17) is 9.57 Å². The Morgan fingerprint density at radius 1 is 1.03 bits per heavy atom. The van der Waals surface area contributed by atoms with Gasteiger partial charge in [0.05, 0.1) is 24.9 Å². The first-order valence-electron chi connectivity index (χ1n) is 11.4. The van der Waals surface area contributed by atoms with Crippen LogP contribution in [0.15, 0.2) is 54.6 Å². The van der Waals surface area contributed by atoms with Crippen LogP contribution in [0.5, 0.6) is 5.75 Å². The van der Waals surface area contributed by atoms with E-state index in [0.717, 1.165) is 31.3 Å². The van der Waals surface area contributed by atoms with Gasteiger partial charge in [-0.25, -0.2) is 0 Å². The number of anilines is 1. The van der Waals surface area contributed by atoms with Crippen LogP contribution in [0.2, 0.25) is 0 Å². The van der Waals surface area contributed by atoms with E-state index in [1.165, 1.54) is 30.5 Å². The Morgan fingerprint density at radius 3 is 2.47 bits per heavy atom. The Hall–Kier alpha value is -2.04. The molecule has 30 heavy (non-hydrogen) atoms. The Kier molecular flexibility index (Phi) is 3.89. The lowest BCUT2D eigenvalue weighted by atomic mass is 9.43. The second-order valence-electron chi connectivity index (χ2n) is 10.5. The lowest BCUT2D eigenvalue weighted by Crippen LogP contribution is -2.62. The predicted octanol–water partition coefficient (Wildman–Crippen LogP) is 5.20. The molecular formula is C26H32N2O2. The van der Waals surface area contributed by atoms with Crippen LogP contribution in [-0.2, 0) is 10.4 Å². The normalized spacial score (nSPS) is 36.6. The van der Waals surface area contributed by atoms with Gasteiger partial charge in [0.1, 0.15) is 5.75 Å². The van der Waals surface area contributed by atoms with Gasteiger partial charge in [-0.1, -0.05) is 44.2 Å². The molecule has 4 nitrogen and oxygen atoms in total. The van der Waals surface area contributed by atoms with Gasteiger partial charge in [0.15, 0.2) is 0 Å². The molecule has 0 amide bonds. The van der Waals surface area contributed by atoms with Crippen LogP contribution < -0.4 is 9.64 Å². The summed E-state index contributed by atoms with van der Waals surface area (Å²) >= 11 is 0. The van der Waals surface area contributed by atoms with Gasteiger partial charge in [-0.3, -0.25) is 4.84 Å². The highest BCUT2D eigenvalue weighted by Crippen LogP contribution is 2.68. The standard InChI is InChI=1S/C26H32N2O2/c1-24(2)20-13-14-26(23(24)15-20)16-25(19-7-5-4-6-8-19)17-27(18-28(25)30-26)21-9-11-22(29-3)12-10-21/h4-12,20,23H,13-18H2,1-3H3/t20-,23-,25+,26-/m0/s1. The fourth-order valence-corrected chi connectivity index (χ4v) is 7.11. The lowest BCUT2D eigenvalue weighted by molar-refractivity contribution is -0.285. The van der Waals surface area contributed by atoms with Gasteiger partial charge < -0.3 is 9.64 Å². The maximum Gasteiger partial charge on any atom is 0.119 e. The molecule has 3 aliphatic carbocycles. The Bertz CT molecular complexity index is 941. The lowest BCUT2D eigenvalue weighted by Gasteiger charge is -2.63. The molecule has 5 fully saturated rings. The summed E-state index contributed by atoms with van der Waals surface area (Å²) in [7, 11) is 1.72. The number of hydroxylamine groups is 2. The van der Waals surface area contributed by atoms with Gasteiger partial charge >= 0.3 is 0 Å². The molecule has 4 atom stereocenters. The van der Waals surface area contributed by atoms with E-state index in [2.05, 4.69) is 78.4 Å². The zero-order chi connectivity index (χ0) is 20.6. The van der Waals surface area contributed by atoms with Crippen LogP contribution in [0, 0.1) is 17.3 Å². The number of methoxy groups -OCH3 is 1. The first-order chi connectivity index (χ1) is 14.5. The van der Waals surface area contributed by atoms with Crippen molar-refractivity contribution in [2.75, 3.05) is 25.2 Å². The van der Waals surface area contributed by atoms with E-state index >= 15 is 0 Å². The van der Waals surface area contributed by atoms with Gasteiger partial charge in [-0.2, -0.15) is 5.06 Å². The second-order valence-corrected chi connectivity index (χ2v) is 10.5. The Balaban J connectivity index is 1.36. The number of hydrogen-bond acceptors (Lipinski definition) is 4. The number of hydrogen-bond donors (Lipinski definition) is 0. The highest BCUT2D eigenvalue weighted by atomic mass is 16.7. The first kappa shape index (κ1) is 18.7. The molecule has 2 saturated heterocycles. The van der Waals surface area contributed by atoms with E-state index in [-0.39, 0.29) is 11.1 Å². The number of ether oxygens (including phenoxy) is 1. The van der Waals surface area contributed by atoms with Gasteiger partial charge in [0.2, 0.25) is 0 Å². The summed E-state index contributed by atoms with van der Waals surface area (Å²) in [5, 5.41) is 2.33. The molecule has 2 heterocycles. The maximum atomic E-state index is 7.02. The fourth-order valence-electron chi connectivity index (χ4n) is 7.11. The van der Waals surface area contributed by atoms with Gasteiger partial charge in [0.25, 0.3) is 0 Å². The molecule has 1 spiro atoms. The van der Waals surface area contributed by atoms with E-state index < -0.39 is 0 Å². The quantitative estimate of drug-likeness (QED) is 0.702. The molecule has 0 radical (unpaired) electrons. The molecule has 2 bridgehead atoms. The predicted molar refractivity (Wildman–Crippen MR) is 118 cm³/mol. The third kappa shape index (κ3) is 2.41. The van der Waals surface area contributed by atoms with Crippen molar-refractivity contribution < 1.29 is 9.57 Å². The minimum atomic E-state index is -0.0836. The molecular weight excluding hydrogens is 372 g/mol. The topological polar surface area (TPSA) is 24.9 Å². The van der Waals surface area contributed by atoms with Gasteiger partial charge in [-0.05, 0) is 66.3 Å². The summed E-state index contributed by atoms with van der Waals surface area (Å²) in [5.41, 5.74) is 2.94. The third-order valence-electron chi connectivity index (χ3n) is 8.88. The van der Waals surface area contributed by atoms with E-state index in [1.807, 2.05) is 0 Å². The monoisotopic (exact) mass is 404 g/mol. The second kappa shape index (κ2) is 6.24. The van der Waals surface area contributed by atoms with Crippen LogP contribution in [0.3, 0.4) is 0 Å². The van der Waals surface area contributed by atoms with Gasteiger partial charge in [0, 0.05) is 18.7 Å². The highest BCUT2D eigenvalue weighted by Gasteiger charge is 2.69. The van der Waals surface area contributed by atoms with Crippen molar-refractivity contribution in [1.29, 1.82) is 0 Å². The summed E-state index contributed by atoms with van der Waals surface area (Å²) in [6, 6.07) is 19.5. The molecule has 7 rings (SSSR count). The van der Waals surface area contributed by atoms with Crippen molar-refractivity contribution in [3.8, 4) is 5.75 Å². The third-order valence-corrected chi connectivity index (χ3v) is 8.88. The maximum absolute atomic E-state index is 7.02. The summed E-state index contributed by atoms with van der Waals surface area (Å²) in [4.78, 5) is 9.48. The molecule has 4 heteroatoms. The van der Waals surface area contributed by atoms with Crippen LogP contribution in [0.1, 0.15) is 45.1 Å². The fraction of sp³-hybridized carbons (Fsp3) is 0.538. The van der Waals surface area contributed by atoms with E-state index in [0.29, 0.717) is 11.3 Å². The zero-order valence-corrected chi connectivity index (χ0v) is 18.3. The van der Waals surface area contributed by atoms with Crippen molar-refractivity contribution in [2.24, 2.45) is 17.3 Å². The summed E-state index contributed by atoms with van der Waals surface area (Å²) in [6.07, 6.45) is 4.95. The van der Waals surface area contributed by atoms with Gasteiger partial charge in [-0.15, -0.1) is 0 Å². The summed E-state index contributed by atoms with van der Waals surface area (Å²) in [6.45, 7) is 6.71. The minimum absolute atomic E-state index is 0.0000888. The van der Waals surface area contributed by atoms with E-state index in [1.54, 1.807) is 7.11 Å². The number of benzene rings is 2.